The van der Waals surface area contributed by atoms with Crippen molar-refractivity contribution < 1.29 is 14.6 Å². The standard InChI is InChI=1S/C11H15NO3.ClH/c1-2-15-11(14)9(12)7-8-5-3-4-6-10(8)13;/h3-6,9,13H,2,7,12H2,1H3;1H. The van der Waals surface area contributed by atoms with Crippen LogP contribution in [0.5, 0.6) is 5.75 Å². The van der Waals surface area contributed by atoms with Crippen molar-refractivity contribution in [3.05, 3.63) is 29.8 Å². The van der Waals surface area contributed by atoms with Gasteiger partial charge in [0, 0.05) is 6.42 Å². The van der Waals surface area contributed by atoms with Crippen LogP contribution in [0.2, 0.25) is 0 Å². The lowest BCUT2D eigenvalue weighted by Crippen LogP contribution is -2.34. The first-order valence-electron chi connectivity index (χ1n) is 4.84. The SMILES string of the molecule is CCOC(=O)C(N)Cc1ccccc1O.Cl. The first-order chi connectivity index (χ1) is 7.15. The summed E-state index contributed by atoms with van der Waals surface area (Å²) in [6.45, 7) is 2.04. The Balaban J connectivity index is 0.00000225. The molecule has 1 rings (SSSR count). The third-order valence-electron chi connectivity index (χ3n) is 2.02. The van der Waals surface area contributed by atoms with Gasteiger partial charge in [0.05, 0.1) is 6.61 Å². The second-order valence-electron chi connectivity index (χ2n) is 3.19. The summed E-state index contributed by atoms with van der Waals surface area (Å²) in [5.74, 6) is -0.294. The van der Waals surface area contributed by atoms with Crippen LogP contribution < -0.4 is 5.73 Å². The van der Waals surface area contributed by atoms with Gasteiger partial charge in [-0.1, -0.05) is 18.2 Å². The van der Waals surface area contributed by atoms with Crippen LogP contribution in [0.25, 0.3) is 0 Å². The summed E-state index contributed by atoms with van der Waals surface area (Å²) < 4.78 is 4.77. The van der Waals surface area contributed by atoms with E-state index in [2.05, 4.69) is 0 Å². The fraction of sp³-hybridized carbons (Fsp3) is 0.364. The Labute approximate surface area is 101 Å². The molecule has 16 heavy (non-hydrogen) atoms. The van der Waals surface area contributed by atoms with E-state index in [1.807, 2.05) is 0 Å². The summed E-state index contributed by atoms with van der Waals surface area (Å²) >= 11 is 0. The van der Waals surface area contributed by atoms with Crippen LogP contribution in [0, 0.1) is 0 Å². The van der Waals surface area contributed by atoms with Gasteiger partial charge >= 0.3 is 5.97 Å². The van der Waals surface area contributed by atoms with Crippen molar-refractivity contribution in [2.24, 2.45) is 5.73 Å². The van der Waals surface area contributed by atoms with Gasteiger partial charge in [-0.15, -0.1) is 12.4 Å². The van der Waals surface area contributed by atoms with E-state index in [0.717, 1.165) is 0 Å². The van der Waals surface area contributed by atoms with Crippen LogP contribution >= 0.6 is 12.4 Å². The van der Waals surface area contributed by atoms with E-state index in [4.69, 9.17) is 10.5 Å². The molecule has 0 radical (unpaired) electrons. The minimum absolute atomic E-state index is 0. The topological polar surface area (TPSA) is 72.5 Å². The normalized spacial score (nSPS) is 11.4. The largest absolute Gasteiger partial charge is 0.508 e. The Kier molecular flexibility index (Phi) is 6.53. The highest BCUT2D eigenvalue weighted by molar-refractivity contribution is 5.85. The highest BCUT2D eigenvalue weighted by atomic mass is 35.5. The Bertz CT molecular complexity index is 344. The minimum atomic E-state index is -0.724. The number of phenols is 1. The number of carbonyl (C=O) groups is 1. The molecule has 4 nitrogen and oxygen atoms in total. The number of ether oxygens (including phenoxy) is 1. The van der Waals surface area contributed by atoms with Gasteiger partial charge in [-0.25, -0.2) is 0 Å². The number of hydrogen-bond acceptors (Lipinski definition) is 4. The number of hydrogen-bond donors (Lipinski definition) is 2. The van der Waals surface area contributed by atoms with E-state index < -0.39 is 12.0 Å². The molecule has 0 fully saturated rings. The number of esters is 1. The zero-order valence-electron chi connectivity index (χ0n) is 9.05. The number of rotatable bonds is 4. The second kappa shape index (κ2) is 7.09. The first kappa shape index (κ1) is 14.7. The van der Waals surface area contributed by atoms with Gasteiger partial charge < -0.3 is 15.6 Å². The van der Waals surface area contributed by atoms with E-state index in [1.165, 1.54) is 0 Å². The third kappa shape index (κ3) is 4.08. The molecule has 0 saturated carbocycles. The Morgan fingerprint density at radius 2 is 2.12 bits per heavy atom. The maximum Gasteiger partial charge on any atom is 0.323 e. The molecule has 90 valence electrons. The van der Waals surface area contributed by atoms with Crippen molar-refractivity contribution in [3.63, 3.8) is 0 Å². The molecule has 1 atom stereocenters. The Hall–Kier alpha value is -1.26. The van der Waals surface area contributed by atoms with Crippen molar-refractivity contribution in [2.75, 3.05) is 6.61 Å². The van der Waals surface area contributed by atoms with Crippen LogP contribution in [0.15, 0.2) is 24.3 Å². The van der Waals surface area contributed by atoms with Crippen LogP contribution in [0.4, 0.5) is 0 Å². The molecule has 1 unspecified atom stereocenters. The Morgan fingerprint density at radius 1 is 1.50 bits per heavy atom. The molecule has 0 aliphatic heterocycles. The Morgan fingerprint density at radius 3 is 2.69 bits per heavy atom. The highest BCUT2D eigenvalue weighted by Crippen LogP contribution is 2.17. The average molecular weight is 246 g/mol. The lowest BCUT2D eigenvalue weighted by Gasteiger charge is -2.11. The van der Waals surface area contributed by atoms with Crippen molar-refractivity contribution in [2.45, 2.75) is 19.4 Å². The molecule has 0 aromatic heterocycles. The van der Waals surface area contributed by atoms with Crippen molar-refractivity contribution >= 4 is 18.4 Å². The molecular formula is C11H16ClNO3. The molecule has 0 amide bonds. The number of aromatic hydroxyl groups is 1. The molecule has 0 saturated heterocycles. The predicted octanol–water partition coefficient (Wildman–Crippen LogP) is 1.25. The van der Waals surface area contributed by atoms with Gasteiger partial charge in [-0.2, -0.15) is 0 Å². The number of para-hydroxylation sites is 1. The monoisotopic (exact) mass is 245 g/mol. The molecule has 0 spiro atoms. The van der Waals surface area contributed by atoms with Gasteiger partial charge in [0.25, 0.3) is 0 Å². The van der Waals surface area contributed by atoms with Gasteiger partial charge in [0.2, 0.25) is 0 Å². The summed E-state index contributed by atoms with van der Waals surface area (Å²) in [7, 11) is 0. The van der Waals surface area contributed by atoms with Gasteiger partial charge in [0.15, 0.2) is 0 Å². The maximum absolute atomic E-state index is 11.2. The summed E-state index contributed by atoms with van der Waals surface area (Å²) in [5, 5.41) is 9.46. The van der Waals surface area contributed by atoms with Gasteiger partial charge in [-0.05, 0) is 18.6 Å². The zero-order valence-corrected chi connectivity index (χ0v) is 9.87. The van der Waals surface area contributed by atoms with Crippen LogP contribution in [-0.2, 0) is 16.0 Å². The quantitative estimate of drug-likeness (QED) is 0.783. The summed E-state index contributed by atoms with van der Waals surface area (Å²) in [6.07, 6.45) is 0.283. The number of phenolic OH excluding ortho intramolecular Hbond substituents is 1. The average Bonchev–Trinajstić information content (AvgIpc) is 2.21. The smallest absolute Gasteiger partial charge is 0.323 e. The first-order valence-corrected chi connectivity index (χ1v) is 4.84. The number of halogens is 1. The van der Waals surface area contributed by atoms with Crippen molar-refractivity contribution in [3.8, 4) is 5.75 Å². The molecule has 0 heterocycles. The maximum atomic E-state index is 11.2. The number of nitrogens with two attached hydrogens (primary N) is 1. The lowest BCUT2D eigenvalue weighted by molar-refractivity contribution is -0.144. The fourth-order valence-electron chi connectivity index (χ4n) is 1.25. The third-order valence-corrected chi connectivity index (χ3v) is 2.02. The second-order valence-corrected chi connectivity index (χ2v) is 3.19. The highest BCUT2D eigenvalue weighted by Gasteiger charge is 2.16. The number of carbonyl (C=O) groups excluding carboxylic acids is 1. The summed E-state index contributed by atoms with van der Waals surface area (Å²) in [4.78, 5) is 11.2. The van der Waals surface area contributed by atoms with Gasteiger partial charge in [-0.3, -0.25) is 4.79 Å². The zero-order chi connectivity index (χ0) is 11.3. The molecule has 3 N–H and O–H groups in total. The van der Waals surface area contributed by atoms with Crippen LogP contribution in [-0.4, -0.2) is 23.7 Å². The number of benzene rings is 1. The van der Waals surface area contributed by atoms with E-state index in [1.54, 1.807) is 31.2 Å². The predicted molar refractivity (Wildman–Crippen MR) is 63.7 cm³/mol. The van der Waals surface area contributed by atoms with E-state index in [-0.39, 0.29) is 24.6 Å². The molecule has 0 aliphatic carbocycles. The molecule has 5 heteroatoms. The van der Waals surface area contributed by atoms with Crippen molar-refractivity contribution in [1.82, 2.24) is 0 Å². The molecule has 0 bridgehead atoms. The summed E-state index contributed by atoms with van der Waals surface area (Å²) in [6, 6.07) is 6.07. The molecule has 0 aliphatic rings. The van der Waals surface area contributed by atoms with E-state index >= 15 is 0 Å². The van der Waals surface area contributed by atoms with Crippen LogP contribution in [0.3, 0.4) is 0 Å². The minimum Gasteiger partial charge on any atom is -0.508 e. The van der Waals surface area contributed by atoms with Crippen molar-refractivity contribution in [1.29, 1.82) is 0 Å². The van der Waals surface area contributed by atoms with Crippen LogP contribution in [0.1, 0.15) is 12.5 Å². The van der Waals surface area contributed by atoms with E-state index in [0.29, 0.717) is 12.2 Å². The lowest BCUT2D eigenvalue weighted by atomic mass is 10.1. The summed E-state index contributed by atoms with van der Waals surface area (Å²) in [5.41, 5.74) is 6.27. The molecular weight excluding hydrogens is 230 g/mol. The van der Waals surface area contributed by atoms with Gasteiger partial charge in [0.1, 0.15) is 11.8 Å². The molecule has 1 aromatic carbocycles. The molecule has 1 aromatic rings. The van der Waals surface area contributed by atoms with E-state index in [9.17, 15) is 9.90 Å². The fourth-order valence-corrected chi connectivity index (χ4v) is 1.25.